The van der Waals surface area contributed by atoms with Gasteiger partial charge in [-0.1, -0.05) is 26.0 Å². The predicted molar refractivity (Wildman–Crippen MR) is 73.0 cm³/mol. The van der Waals surface area contributed by atoms with Crippen LogP contribution in [-0.4, -0.2) is 26.5 Å². The minimum absolute atomic E-state index is 0.0358. The number of benzene rings is 1. The van der Waals surface area contributed by atoms with Gasteiger partial charge in [0.2, 0.25) is 0 Å². The molecule has 0 aliphatic rings. The molecule has 0 aliphatic carbocycles. The number of hydrogen-bond donors (Lipinski definition) is 1. The van der Waals surface area contributed by atoms with Crippen molar-refractivity contribution in [1.82, 2.24) is 0 Å². The number of hydrogen-bond acceptors (Lipinski definition) is 3. The van der Waals surface area contributed by atoms with Crippen molar-refractivity contribution in [3.63, 3.8) is 0 Å². The Morgan fingerprint density at radius 1 is 1.22 bits per heavy atom. The Labute approximate surface area is 108 Å². The maximum Gasteiger partial charge on any atom is 0.152 e. The van der Waals surface area contributed by atoms with Crippen LogP contribution >= 0.6 is 0 Å². The number of para-hydroxylation sites is 1. The smallest absolute Gasteiger partial charge is 0.152 e. The van der Waals surface area contributed by atoms with Crippen molar-refractivity contribution in [2.45, 2.75) is 20.3 Å². The van der Waals surface area contributed by atoms with Crippen molar-refractivity contribution < 1.29 is 12.8 Å². The molecule has 3 nitrogen and oxygen atoms in total. The van der Waals surface area contributed by atoms with Gasteiger partial charge in [-0.15, -0.1) is 0 Å². The molecule has 1 aromatic rings. The van der Waals surface area contributed by atoms with Crippen molar-refractivity contribution in [2.24, 2.45) is 5.92 Å². The van der Waals surface area contributed by atoms with Gasteiger partial charge in [0.15, 0.2) is 9.84 Å². The first-order valence-electron chi connectivity index (χ1n) is 6.09. The number of halogens is 1. The van der Waals surface area contributed by atoms with Crippen molar-refractivity contribution in [3.8, 4) is 0 Å². The quantitative estimate of drug-likeness (QED) is 0.831. The lowest BCUT2D eigenvalue weighted by Gasteiger charge is -2.09. The lowest BCUT2D eigenvalue weighted by molar-refractivity contribution is 0.574. The molecular formula is C13H20FNO2S. The molecule has 18 heavy (non-hydrogen) atoms. The van der Waals surface area contributed by atoms with E-state index >= 15 is 0 Å². The third kappa shape index (κ3) is 5.49. The summed E-state index contributed by atoms with van der Waals surface area (Å²) in [6, 6.07) is 6.24. The largest absolute Gasteiger partial charge is 0.382 e. The lowest BCUT2D eigenvalue weighted by atomic mass is 10.2. The van der Waals surface area contributed by atoms with Crippen LogP contribution in [0.25, 0.3) is 0 Å². The highest BCUT2D eigenvalue weighted by Gasteiger charge is 2.11. The van der Waals surface area contributed by atoms with Crippen LogP contribution < -0.4 is 5.32 Å². The Hall–Kier alpha value is -1.10. The molecule has 0 aliphatic heterocycles. The van der Waals surface area contributed by atoms with E-state index in [9.17, 15) is 12.8 Å². The summed E-state index contributed by atoms with van der Waals surface area (Å²) in [5, 5.41) is 2.80. The highest BCUT2D eigenvalue weighted by atomic mass is 32.2. The molecule has 0 bridgehead atoms. The SMILES string of the molecule is CC(C)CCS(=O)(=O)CCNc1ccccc1F. The molecule has 0 saturated carbocycles. The van der Waals surface area contributed by atoms with Gasteiger partial charge >= 0.3 is 0 Å². The second-order valence-corrected chi connectivity index (χ2v) is 7.04. The van der Waals surface area contributed by atoms with Gasteiger partial charge in [-0.3, -0.25) is 0 Å². The maximum absolute atomic E-state index is 13.3. The van der Waals surface area contributed by atoms with Crippen molar-refractivity contribution in [3.05, 3.63) is 30.1 Å². The van der Waals surface area contributed by atoms with Crippen molar-refractivity contribution in [1.29, 1.82) is 0 Å². The van der Waals surface area contributed by atoms with E-state index in [2.05, 4.69) is 5.32 Å². The number of nitrogens with one attached hydrogen (secondary N) is 1. The first-order valence-corrected chi connectivity index (χ1v) is 7.91. The summed E-state index contributed by atoms with van der Waals surface area (Å²) in [4.78, 5) is 0. The average molecular weight is 273 g/mol. The molecule has 5 heteroatoms. The Bertz CT molecular complexity index is 472. The summed E-state index contributed by atoms with van der Waals surface area (Å²) in [7, 11) is -3.04. The second kappa shape index (κ2) is 6.73. The third-order valence-corrected chi connectivity index (χ3v) is 4.29. The molecule has 1 rings (SSSR count). The number of sulfone groups is 1. The molecule has 102 valence electrons. The molecule has 0 spiro atoms. The standard InChI is InChI=1S/C13H20FNO2S/c1-11(2)7-9-18(16,17)10-8-15-13-6-4-3-5-12(13)14/h3-6,11,15H,7-10H2,1-2H3. The monoisotopic (exact) mass is 273 g/mol. The molecule has 0 fully saturated rings. The first kappa shape index (κ1) is 15.0. The predicted octanol–water partition coefficient (Wildman–Crippen LogP) is 2.70. The minimum atomic E-state index is -3.04. The minimum Gasteiger partial charge on any atom is -0.382 e. The van der Waals surface area contributed by atoms with Gasteiger partial charge in [0.25, 0.3) is 0 Å². The molecule has 0 amide bonds. The lowest BCUT2D eigenvalue weighted by Crippen LogP contribution is -2.19. The summed E-state index contributed by atoms with van der Waals surface area (Å²) >= 11 is 0. The van der Waals surface area contributed by atoms with Crippen LogP contribution in [-0.2, 0) is 9.84 Å². The molecule has 0 aromatic heterocycles. The summed E-state index contributed by atoms with van der Waals surface area (Å²) in [5.74, 6) is 0.244. The molecule has 0 heterocycles. The molecule has 1 aromatic carbocycles. The van der Waals surface area contributed by atoms with E-state index in [0.717, 1.165) is 0 Å². The summed E-state index contributed by atoms with van der Waals surface area (Å²) < 4.78 is 36.6. The Kier molecular flexibility index (Phi) is 5.59. The van der Waals surface area contributed by atoms with Gasteiger partial charge in [0.05, 0.1) is 17.2 Å². The summed E-state index contributed by atoms with van der Waals surface area (Å²) in [5.41, 5.74) is 0.344. The van der Waals surface area contributed by atoms with Crippen molar-refractivity contribution >= 4 is 15.5 Å². The van der Waals surface area contributed by atoms with E-state index in [4.69, 9.17) is 0 Å². The van der Waals surface area contributed by atoms with Crippen LogP contribution in [0.15, 0.2) is 24.3 Å². The van der Waals surface area contributed by atoms with Crippen LogP contribution in [0.1, 0.15) is 20.3 Å². The molecule has 0 unspecified atom stereocenters. The average Bonchev–Trinajstić information content (AvgIpc) is 2.29. The molecule has 0 atom stereocenters. The van der Waals surface area contributed by atoms with Gasteiger partial charge in [-0.25, -0.2) is 12.8 Å². The zero-order valence-electron chi connectivity index (χ0n) is 10.8. The Balaban J connectivity index is 2.40. The van der Waals surface area contributed by atoms with Gasteiger partial charge < -0.3 is 5.32 Å². The maximum atomic E-state index is 13.3. The molecule has 1 N–H and O–H groups in total. The zero-order valence-corrected chi connectivity index (χ0v) is 11.6. The van der Waals surface area contributed by atoms with Gasteiger partial charge in [-0.05, 0) is 24.5 Å². The van der Waals surface area contributed by atoms with Crippen LogP contribution in [0.4, 0.5) is 10.1 Å². The zero-order chi connectivity index (χ0) is 13.6. The van der Waals surface area contributed by atoms with Gasteiger partial charge in [0.1, 0.15) is 5.82 Å². The first-order chi connectivity index (χ1) is 8.41. The highest BCUT2D eigenvalue weighted by molar-refractivity contribution is 7.91. The van der Waals surface area contributed by atoms with Crippen LogP contribution in [0.2, 0.25) is 0 Å². The van der Waals surface area contributed by atoms with Crippen LogP contribution in [0, 0.1) is 11.7 Å². The number of rotatable bonds is 7. The molecule has 0 saturated heterocycles. The van der Waals surface area contributed by atoms with E-state index in [-0.39, 0.29) is 23.9 Å². The fraction of sp³-hybridized carbons (Fsp3) is 0.538. The fourth-order valence-corrected chi connectivity index (χ4v) is 2.91. The van der Waals surface area contributed by atoms with E-state index in [1.165, 1.54) is 6.07 Å². The Morgan fingerprint density at radius 2 is 1.89 bits per heavy atom. The summed E-state index contributed by atoms with van der Waals surface area (Å²) in [6.45, 7) is 4.22. The molecular weight excluding hydrogens is 253 g/mol. The van der Waals surface area contributed by atoms with E-state index < -0.39 is 9.84 Å². The third-order valence-electron chi connectivity index (χ3n) is 2.61. The Morgan fingerprint density at radius 3 is 2.50 bits per heavy atom. The van der Waals surface area contributed by atoms with E-state index in [1.807, 2.05) is 13.8 Å². The van der Waals surface area contributed by atoms with Gasteiger partial charge in [-0.2, -0.15) is 0 Å². The topological polar surface area (TPSA) is 46.2 Å². The van der Waals surface area contributed by atoms with Crippen molar-refractivity contribution in [2.75, 3.05) is 23.4 Å². The second-order valence-electron chi connectivity index (χ2n) is 4.74. The highest BCUT2D eigenvalue weighted by Crippen LogP contribution is 2.12. The normalized spacial score (nSPS) is 11.8. The van der Waals surface area contributed by atoms with Gasteiger partial charge in [0, 0.05) is 6.54 Å². The number of anilines is 1. The summed E-state index contributed by atoms with van der Waals surface area (Å²) in [6.07, 6.45) is 0.669. The molecule has 0 radical (unpaired) electrons. The van der Waals surface area contributed by atoms with Crippen LogP contribution in [0.3, 0.4) is 0 Å². The van der Waals surface area contributed by atoms with Crippen LogP contribution in [0.5, 0.6) is 0 Å². The van der Waals surface area contributed by atoms with E-state index in [1.54, 1.807) is 18.2 Å². The van der Waals surface area contributed by atoms with E-state index in [0.29, 0.717) is 18.0 Å². The fourth-order valence-electron chi connectivity index (χ4n) is 1.46.